The van der Waals surface area contributed by atoms with E-state index in [0.717, 1.165) is 27.5 Å². The lowest BCUT2D eigenvalue weighted by atomic mass is 9.80. The van der Waals surface area contributed by atoms with E-state index in [1.54, 1.807) is 6.07 Å². The fourth-order valence-corrected chi connectivity index (χ4v) is 3.01. The lowest BCUT2D eigenvalue weighted by Crippen LogP contribution is -2.29. The number of aromatic nitrogens is 1. The van der Waals surface area contributed by atoms with Crippen molar-refractivity contribution in [2.24, 2.45) is 0 Å². The van der Waals surface area contributed by atoms with Crippen molar-refractivity contribution in [1.82, 2.24) is 4.57 Å². The van der Waals surface area contributed by atoms with Gasteiger partial charge in [-0.05, 0) is 29.7 Å². The third-order valence-corrected chi connectivity index (χ3v) is 4.01. The van der Waals surface area contributed by atoms with Crippen molar-refractivity contribution < 1.29 is 10.0 Å². The number of benzene rings is 3. The summed E-state index contributed by atoms with van der Waals surface area (Å²) in [7, 11) is -1.46. The zero-order chi connectivity index (χ0) is 17.1. The van der Waals surface area contributed by atoms with E-state index in [4.69, 9.17) is 0 Å². The highest BCUT2D eigenvalue weighted by molar-refractivity contribution is 6.59. The summed E-state index contributed by atoms with van der Waals surface area (Å²) in [5.74, 6) is 0. The van der Waals surface area contributed by atoms with Gasteiger partial charge in [0, 0.05) is 16.5 Å². The van der Waals surface area contributed by atoms with Crippen LogP contribution in [0.1, 0.15) is 0 Å². The minimum absolute atomic E-state index is 0.503. The van der Waals surface area contributed by atoms with Gasteiger partial charge in [0.15, 0.2) is 0 Å². The van der Waals surface area contributed by atoms with Gasteiger partial charge in [-0.2, -0.15) is 0 Å². The zero-order valence-electron chi connectivity index (χ0n) is 13.3. The Morgan fingerprint density at radius 3 is 2.04 bits per heavy atom. The molecule has 0 unspecified atom stereocenters. The molecule has 0 atom stereocenters. The molecule has 0 radical (unpaired) electrons. The first kappa shape index (κ1) is 16.1. The number of nitrogens with zero attached hydrogens (tertiary/aromatic N) is 1. The molecule has 0 aliphatic rings. The Balaban J connectivity index is 0.000000815. The van der Waals surface area contributed by atoms with Crippen LogP contribution in [0.4, 0.5) is 0 Å². The molecule has 0 saturated carbocycles. The zero-order valence-corrected chi connectivity index (χ0v) is 13.3. The van der Waals surface area contributed by atoms with Crippen molar-refractivity contribution in [2.45, 2.75) is 0 Å². The molecule has 3 nitrogen and oxygen atoms in total. The molecule has 4 heteroatoms. The fourth-order valence-electron chi connectivity index (χ4n) is 3.01. The van der Waals surface area contributed by atoms with Gasteiger partial charge >= 0.3 is 7.12 Å². The van der Waals surface area contributed by atoms with Crippen molar-refractivity contribution in [3.8, 4) is 5.69 Å². The molecule has 1 aromatic heterocycles. The number of para-hydroxylation sites is 2. The summed E-state index contributed by atoms with van der Waals surface area (Å²) in [5, 5.41) is 21.0. The molecular formula is C20H18BNO2. The molecule has 4 rings (SSSR count). The van der Waals surface area contributed by atoms with Gasteiger partial charge in [-0.3, -0.25) is 0 Å². The SMILES string of the molecule is C=C.OB(O)c1ccc2c(c1)c1ccccc1n2-c1ccccc1. The second-order valence-electron chi connectivity index (χ2n) is 5.34. The average Bonchev–Trinajstić information content (AvgIpc) is 2.98. The van der Waals surface area contributed by atoms with Gasteiger partial charge in [-0.25, -0.2) is 0 Å². The first-order valence-corrected chi connectivity index (χ1v) is 7.70. The van der Waals surface area contributed by atoms with Gasteiger partial charge in [0.1, 0.15) is 0 Å². The van der Waals surface area contributed by atoms with Crippen molar-refractivity contribution >= 4 is 34.4 Å². The number of hydrogen-bond acceptors (Lipinski definition) is 2. The summed E-state index contributed by atoms with van der Waals surface area (Å²) in [6, 6.07) is 23.9. The van der Waals surface area contributed by atoms with Crippen molar-refractivity contribution in [3.63, 3.8) is 0 Å². The van der Waals surface area contributed by atoms with Crippen LogP contribution in [0, 0.1) is 0 Å². The summed E-state index contributed by atoms with van der Waals surface area (Å²) in [6.07, 6.45) is 0. The van der Waals surface area contributed by atoms with Gasteiger partial charge in [0.2, 0.25) is 0 Å². The second-order valence-corrected chi connectivity index (χ2v) is 5.34. The smallest absolute Gasteiger partial charge is 0.423 e. The second kappa shape index (κ2) is 6.75. The highest BCUT2D eigenvalue weighted by atomic mass is 16.4. The standard InChI is InChI=1S/C18H14BNO2.C2H4/c21-19(22)13-10-11-18-16(12-13)15-8-4-5-9-17(15)20(18)14-6-2-1-3-7-14;1-2/h1-12,21-22H;1-2H2. The van der Waals surface area contributed by atoms with Crippen molar-refractivity contribution in [3.05, 3.63) is 86.0 Å². The Kier molecular flexibility index (Phi) is 4.51. The maximum atomic E-state index is 9.43. The van der Waals surface area contributed by atoms with E-state index < -0.39 is 7.12 Å². The third-order valence-electron chi connectivity index (χ3n) is 4.01. The van der Waals surface area contributed by atoms with E-state index in [1.807, 2.05) is 42.5 Å². The molecule has 0 saturated heterocycles. The molecule has 0 fully saturated rings. The van der Waals surface area contributed by atoms with Gasteiger partial charge in [-0.1, -0.05) is 48.5 Å². The molecule has 2 N–H and O–H groups in total. The topological polar surface area (TPSA) is 45.4 Å². The van der Waals surface area contributed by atoms with Crippen LogP contribution in [0.15, 0.2) is 86.0 Å². The van der Waals surface area contributed by atoms with Crippen LogP contribution in [0.25, 0.3) is 27.5 Å². The number of fused-ring (bicyclic) bond motifs is 3. The minimum atomic E-state index is -1.46. The van der Waals surface area contributed by atoms with Crippen LogP contribution >= 0.6 is 0 Å². The largest absolute Gasteiger partial charge is 0.488 e. The quantitative estimate of drug-likeness (QED) is 0.440. The highest BCUT2D eigenvalue weighted by Gasteiger charge is 2.16. The molecule has 4 aromatic rings. The van der Waals surface area contributed by atoms with Gasteiger partial charge < -0.3 is 14.6 Å². The Hall–Kier alpha value is -2.82. The lowest BCUT2D eigenvalue weighted by molar-refractivity contribution is 0.426. The molecule has 1 heterocycles. The lowest BCUT2D eigenvalue weighted by Gasteiger charge is -2.07. The van der Waals surface area contributed by atoms with Crippen LogP contribution < -0.4 is 5.46 Å². The average molecular weight is 315 g/mol. The van der Waals surface area contributed by atoms with E-state index >= 15 is 0 Å². The Morgan fingerprint density at radius 2 is 1.33 bits per heavy atom. The van der Waals surface area contributed by atoms with Crippen LogP contribution in [0.3, 0.4) is 0 Å². The Bertz CT molecular complexity index is 977. The van der Waals surface area contributed by atoms with E-state index in [9.17, 15) is 10.0 Å². The first-order chi connectivity index (χ1) is 11.8. The summed E-state index contributed by atoms with van der Waals surface area (Å²) < 4.78 is 2.19. The number of hydrogen-bond donors (Lipinski definition) is 2. The van der Waals surface area contributed by atoms with Crippen LogP contribution in [-0.4, -0.2) is 21.7 Å². The predicted molar refractivity (Wildman–Crippen MR) is 102 cm³/mol. The maximum Gasteiger partial charge on any atom is 0.488 e. The predicted octanol–water partition coefficient (Wildman–Crippen LogP) is 3.27. The van der Waals surface area contributed by atoms with Gasteiger partial charge in [0.25, 0.3) is 0 Å². The van der Waals surface area contributed by atoms with Crippen LogP contribution in [-0.2, 0) is 0 Å². The monoisotopic (exact) mass is 315 g/mol. The van der Waals surface area contributed by atoms with E-state index in [0.29, 0.717) is 5.46 Å². The summed E-state index contributed by atoms with van der Waals surface area (Å²) in [5.41, 5.74) is 3.75. The molecular weight excluding hydrogens is 297 g/mol. The third kappa shape index (κ3) is 2.62. The molecule has 24 heavy (non-hydrogen) atoms. The molecule has 118 valence electrons. The van der Waals surface area contributed by atoms with Crippen LogP contribution in [0.2, 0.25) is 0 Å². The van der Waals surface area contributed by atoms with Crippen molar-refractivity contribution in [2.75, 3.05) is 0 Å². The van der Waals surface area contributed by atoms with Gasteiger partial charge in [-0.15, -0.1) is 13.2 Å². The highest BCUT2D eigenvalue weighted by Crippen LogP contribution is 2.31. The normalized spacial score (nSPS) is 10.4. The Morgan fingerprint density at radius 1 is 0.708 bits per heavy atom. The van der Waals surface area contributed by atoms with Gasteiger partial charge in [0.05, 0.1) is 11.0 Å². The number of rotatable bonds is 2. The summed E-state index contributed by atoms with van der Waals surface area (Å²) in [4.78, 5) is 0. The molecule has 0 amide bonds. The maximum absolute atomic E-state index is 9.43. The van der Waals surface area contributed by atoms with E-state index in [-0.39, 0.29) is 0 Å². The van der Waals surface area contributed by atoms with Crippen molar-refractivity contribution in [1.29, 1.82) is 0 Å². The Labute approximate surface area is 141 Å². The molecule has 0 aliphatic heterocycles. The van der Waals surface area contributed by atoms with E-state index in [2.05, 4.69) is 42.0 Å². The summed E-state index contributed by atoms with van der Waals surface area (Å²) >= 11 is 0. The van der Waals surface area contributed by atoms with Crippen LogP contribution in [0.5, 0.6) is 0 Å². The molecule has 0 aliphatic carbocycles. The molecule has 0 spiro atoms. The first-order valence-electron chi connectivity index (χ1n) is 7.70. The van der Waals surface area contributed by atoms with E-state index in [1.165, 1.54) is 0 Å². The minimum Gasteiger partial charge on any atom is -0.423 e. The summed E-state index contributed by atoms with van der Waals surface area (Å²) in [6.45, 7) is 6.00. The molecule has 3 aromatic carbocycles. The molecule has 0 bridgehead atoms. The fraction of sp³-hybridized carbons (Fsp3) is 0.